The van der Waals surface area contributed by atoms with E-state index < -0.39 is 10.0 Å². The Morgan fingerprint density at radius 1 is 1.16 bits per heavy atom. The van der Waals surface area contributed by atoms with Gasteiger partial charge in [-0.25, -0.2) is 22.1 Å². The number of hydrogen-bond donors (Lipinski definition) is 1. The van der Waals surface area contributed by atoms with Gasteiger partial charge in [-0.1, -0.05) is 18.2 Å². The molecule has 0 saturated carbocycles. The van der Waals surface area contributed by atoms with Gasteiger partial charge in [0.25, 0.3) is 0 Å². The lowest BCUT2D eigenvalue weighted by Gasteiger charge is -2.11. The summed E-state index contributed by atoms with van der Waals surface area (Å²) in [6.45, 7) is 2.99. The number of carbonyl (C=O) groups is 1. The molecule has 9 heteroatoms. The Kier molecular flexibility index (Phi) is 7.07. The predicted octanol–water partition coefficient (Wildman–Crippen LogP) is 2.74. The molecule has 0 aliphatic heterocycles. The summed E-state index contributed by atoms with van der Waals surface area (Å²) in [5.41, 5.74) is 1.98. The van der Waals surface area contributed by atoms with Crippen LogP contribution >= 0.6 is 0 Å². The Hall–Kier alpha value is -2.78. The molecular formula is C22H27FN4O3S. The number of halogens is 1. The van der Waals surface area contributed by atoms with Crippen molar-refractivity contribution >= 4 is 27.0 Å². The molecule has 1 heterocycles. The molecule has 3 rings (SSSR count). The van der Waals surface area contributed by atoms with Crippen LogP contribution in [0.4, 0.5) is 4.39 Å². The molecule has 0 aliphatic rings. The fraction of sp³-hybridized carbons (Fsp3) is 0.364. The lowest BCUT2D eigenvalue weighted by Crippen LogP contribution is -2.26. The van der Waals surface area contributed by atoms with Crippen molar-refractivity contribution in [2.24, 2.45) is 0 Å². The van der Waals surface area contributed by atoms with E-state index in [2.05, 4.69) is 10.3 Å². The molecule has 1 aromatic heterocycles. The molecule has 0 spiro atoms. The Morgan fingerprint density at radius 3 is 2.58 bits per heavy atom. The fourth-order valence-corrected chi connectivity index (χ4v) is 4.35. The van der Waals surface area contributed by atoms with Gasteiger partial charge >= 0.3 is 0 Å². The van der Waals surface area contributed by atoms with Crippen molar-refractivity contribution in [3.8, 4) is 0 Å². The summed E-state index contributed by atoms with van der Waals surface area (Å²) in [5.74, 6) is 0.312. The number of aromatic nitrogens is 2. The summed E-state index contributed by atoms with van der Waals surface area (Å²) in [6, 6.07) is 11.4. The van der Waals surface area contributed by atoms with Crippen LogP contribution in [0.15, 0.2) is 47.4 Å². The first-order chi connectivity index (χ1) is 14.7. The second kappa shape index (κ2) is 9.57. The van der Waals surface area contributed by atoms with E-state index in [0.29, 0.717) is 37.0 Å². The number of amides is 1. The molecular weight excluding hydrogens is 419 g/mol. The minimum absolute atomic E-state index is 0.137. The van der Waals surface area contributed by atoms with E-state index >= 15 is 0 Å². The highest BCUT2D eigenvalue weighted by atomic mass is 32.2. The van der Waals surface area contributed by atoms with Crippen molar-refractivity contribution in [2.45, 2.75) is 37.6 Å². The van der Waals surface area contributed by atoms with Crippen molar-refractivity contribution in [1.29, 1.82) is 0 Å². The average Bonchev–Trinajstić information content (AvgIpc) is 3.10. The maximum absolute atomic E-state index is 13.7. The van der Waals surface area contributed by atoms with E-state index in [4.69, 9.17) is 0 Å². The van der Waals surface area contributed by atoms with Crippen molar-refractivity contribution in [3.05, 3.63) is 59.7 Å². The third kappa shape index (κ3) is 5.11. The normalized spacial score (nSPS) is 11.9. The van der Waals surface area contributed by atoms with Gasteiger partial charge in [0, 0.05) is 40.0 Å². The standard InChI is InChI=1S/C22H27FN4O3S/c1-4-27-20-10-9-17(31(29,30)26(2)3)15-19(20)25-21(27)11-12-22(28)24-14-13-16-7-5-6-8-18(16)23/h5-10,15H,4,11-14H2,1-3H3,(H,24,28). The summed E-state index contributed by atoms with van der Waals surface area (Å²) < 4.78 is 41.6. The second-order valence-electron chi connectivity index (χ2n) is 7.40. The topological polar surface area (TPSA) is 84.3 Å². The molecule has 1 N–H and O–H groups in total. The number of nitrogens with zero attached hydrogens (tertiary/aromatic N) is 3. The van der Waals surface area contributed by atoms with Crippen molar-refractivity contribution < 1.29 is 17.6 Å². The zero-order valence-electron chi connectivity index (χ0n) is 17.9. The van der Waals surface area contributed by atoms with Crippen molar-refractivity contribution in [3.63, 3.8) is 0 Å². The van der Waals surface area contributed by atoms with Gasteiger partial charge in [-0.15, -0.1) is 0 Å². The van der Waals surface area contributed by atoms with Crippen molar-refractivity contribution in [2.75, 3.05) is 20.6 Å². The summed E-state index contributed by atoms with van der Waals surface area (Å²) in [7, 11) is -0.574. The summed E-state index contributed by atoms with van der Waals surface area (Å²) in [5, 5.41) is 2.81. The van der Waals surface area contributed by atoms with Crippen molar-refractivity contribution in [1.82, 2.24) is 19.2 Å². The third-order valence-electron chi connectivity index (χ3n) is 5.14. The van der Waals surface area contributed by atoms with Gasteiger partial charge in [0.05, 0.1) is 15.9 Å². The number of imidazole rings is 1. The summed E-state index contributed by atoms with van der Waals surface area (Å²) >= 11 is 0. The molecule has 31 heavy (non-hydrogen) atoms. The first-order valence-electron chi connectivity index (χ1n) is 10.2. The van der Waals surface area contributed by atoms with Crippen LogP contribution in [0, 0.1) is 5.82 Å². The molecule has 166 valence electrons. The summed E-state index contributed by atoms with van der Waals surface area (Å²) in [4.78, 5) is 17.0. The van der Waals surface area contributed by atoms with Crippen LogP contribution in [0.3, 0.4) is 0 Å². The molecule has 0 unspecified atom stereocenters. The number of fused-ring (bicyclic) bond motifs is 1. The van der Waals surface area contributed by atoms with Gasteiger partial charge in [0.1, 0.15) is 11.6 Å². The van der Waals surface area contributed by atoms with Crippen LogP contribution in [0.2, 0.25) is 0 Å². The zero-order valence-corrected chi connectivity index (χ0v) is 18.7. The van der Waals surface area contributed by atoms with E-state index in [1.54, 1.807) is 36.4 Å². The Bertz CT molecular complexity index is 1190. The van der Waals surface area contributed by atoms with Crippen LogP contribution in [0.5, 0.6) is 0 Å². The Labute approximate surface area is 181 Å². The molecule has 0 aliphatic carbocycles. The number of rotatable bonds is 9. The van der Waals surface area contributed by atoms with Gasteiger partial charge in [-0.3, -0.25) is 4.79 Å². The van der Waals surface area contributed by atoms with Gasteiger partial charge < -0.3 is 9.88 Å². The molecule has 7 nitrogen and oxygen atoms in total. The number of sulfonamides is 1. The van der Waals surface area contributed by atoms with Crippen LogP contribution in [-0.4, -0.2) is 48.8 Å². The molecule has 0 bridgehead atoms. The molecule has 2 aromatic carbocycles. The predicted molar refractivity (Wildman–Crippen MR) is 118 cm³/mol. The third-order valence-corrected chi connectivity index (χ3v) is 6.95. The largest absolute Gasteiger partial charge is 0.356 e. The van der Waals surface area contributed by atoms with Crippen LogP contribution in [-0.2, 0) is 34.2 Å². The number of nitrogens with one attached hydrogen (secondary N) is 1. The highest BCUT2D eigenvalue weighted by Gasteiger charge is 2.19. The quantitative estimate of drug-likeness (QED) is 0.548. The minimum Gasteiger partial charge on any atom is -0.356 e. The van der Waals surface area contributed by atoms with E-state index in [9.17, 15) is 17.6 Å². The first-order valence-corrected chi connectivity index (χ1v) is 11.6. The monoisotopic (exact) mass is 446 g/mol. The SMILES string of the molecule is CCn1c(CCC(=O)NCCc2ccccc2F)nc2cc(S(=O)(=O)N(C)C)ccc21. The smallest absolute Gasteiger partial charge is 0.242 e. The lowest BCUT2D eigenvalue weighted by atomic mass is 10.1. The Morgan fingerprint density at radius 2 is 1.90 bits per heavy atom. The number of hydrogen-bond acceptors (Lipinski definition) is 4. The highest BCUT2D eigenvalue weighted by molar-refractivity contribution is 7.89. The first kappa shape index (κ1) is 22.9. The van der Waals surface area contributed by atoms with Crippen LogP contribution in [0.25, 0.3) is 11.0 Å². The molecule has 0 saturated heterocycles. The van der Waals surface area contributed by atoms with Gasteiger partial charge in [-0.05, 0) is 43.2 Å². The van der Waals surface area contributed by atoms with Crippen LogP contribution in [0.1, 0.15) is 24.7 Å². The van der Waals surface area contributed by atoms with E-state index in [1.165, 1.54) is 20.2 Å². The molecule has 3 aromatic rings. The molecule has 0 fully saturated rings. The summed E-state index contributed by atoms with van der Waals surface area (Å²) in [6.07, 6.45) is 1.09. The van der Waals surface area contributed by atoms with E-state index in [-0.39, 0.29) is 23.0 Å². The van der Waals surface area contributed by atoms with Gasteiger partial charge in [-0.2, -0.15) is 0 Å². The van der Waals surface area contributed by atoms with Gasteiger partial charge in [0.15, 0.2) is 0 Å². The number of carbonyl (C=O) groups excluding carboxylic acids is 1. The Balaban J connectivity index is 1.66. The molecule has 0 radical (unpaired) electrons. The molecule has 1 amide bonds. The molecule has 0 atom stereocenters. The van der Waals surface area contributed by atoms with Crippen LogP contribution < -0.4 is 5.32 Å². The number of aryl methyl sites for hydroxylation is 2. The van der Waals surface area contributed by atoms with Gasteiger partial charge in [0.2, 0.25) is 15.9 Å². The lowest BCUT2D eigenvalue weighted by molar-refractivity contribution is -0.121. The van der Waals surface area contributed by atoms with E-state index in [0.717, 1.165) is 15.6 Å². The highest BCUT2D eigenvalue weighted by Crippen LogP contribution is 2.22. The van der Waals surface area contributed by atoms with E-state index in [1.807, 2.05) is 11.5 Å². The minimum atomic E-state index is -3.55. The maximum Gasteiger partial charge on any atom is 0.242 e. The zero-order chi connectivity index (χ0) is 22.6. The fourth-order valence-electron chi connectivity index (χ4n) is 3.43. The second-order valence-corrected chi connectivity index (χ2v) is 9.55. The average molecular weight is 447 g/mol. The maximum atomic E-state index is 13.7. The number of benzene rings is 2.